The summed E-state index contributed by atoms with van der Waals surface area (Å²) in [6.45, 7) is 0.810. The topological polar surface area (TPSA) is 71.2 Å². The van der Waals surface area contributed by atoms with Crippen molar-refractivity contribution in [2.75, 3.05) is 6.54 Å². The molecule has 2 aliphatic rings. The van der Waals surface area contributed by atoms with Gasteiger partial charge in [0.25, 0.3) is 0 Å². The lowest BCUT2D eigenvalue weighted by molar-refractivity contribution is -0.137. The third-order valence-electron chi connectivity index (χ3n) is 5.19. The van der Waals surface area contributed by atoms with Crippen LogP contribution in [0.2, 0.25) is 0 Å². The van der Waals surface area contributed by atoms with E-state index in [2.05, 4.69) is 51.6 Å². The first-order valence-corrected chi connectivity index (χ1v) is 8.82. The van der Waals surface area contributed by atoms with E-state index in [0.717, 1.165) is 25.1 Å². The van der Waals surface area contributed by atoms with E-state index in [1.54, 1.807) is 6.20 Å². The largest absolute Gasteiger partial charge is 0.480 e. The highest BCUT2D eigenvalue weighted by Gasteiger charge is 2.36. The van der Waals surface area contributed by atoms with E-state index in [9.17, 15) is 4.79 Å². The van der Waals surface area contributed by atoms with Gasteiger partial charge in [-0.05, 0) is 30.4 Å². The summed E-state index contributed by atoms with van der Waals surface area (Å²) in [6, 6.07) is 11.8. The number of hydrogen-bond donors (Lipinski definition) is 1. The second-order valence-corrected chi connectivity index (χ2v) is 6.85. The summed E-state index contributed by atoms with van der Waals surface area (Å²) in [5.41, 5.74) is 3.67. The first-order valence-electron chi connectivity index (χ1n) is 8.82. The minimum atomic E-state index is -0.899. The number of carbonyl (C=O) groups is 1. The minimum Gasteiger partial charge on any atom is -0.480 e. The number of carboxylic acids is 1. The van der Waals surface area contributed by atoms with Crippen LogP contribution in [0.1, 0.15) is 30.5 Å². The quantitative estimate of drug-likeness (QED) is 0.874. The van der Waals surface area contributed by atoms with E-state index < -0.39 is 5.97 Å². The van der Waals surface area contributed by atoms with Crippen molar-refractivity contribution < 1.29 is 9.90 Å². The average Bonchev–Trinajstić information content (AvgIpc) is 3.13. The molecule has 2 aromatic rings. The maximum atomic E-state index is 10.7. The van der Waals surface area contributed by atoms with Gasteiger partial charge in [-0.15, -0.1) is 5.10 Å². The summed E-state index contributed by atoms with van der Waals surface area (Å²) in [5, 5.41) is 16.8. The third-order valence-corrected chi connectivity index (χ3v) is 5.19. The number of hydrogen-bond acceptors (Lipinski definition) is 4. The van der Waals surface area contributed by atoms with E-state index in [1.165, 1.54) is 28.7 Å². The van der Waals surface area contributed by atoms with Crippen LogP contribution in [0.4, 0.5) is 0 Å². The third kappa shape index (κ3) is 3.49. The van der Waals surface area contributed by atoms with Gasteiger partial charge in [0.1, 0.15) is 6.54 Å². The fourth-order valence-corrected chi connectivity index (χ4v) is 4.05. The smallest absolute Gasteiger partial charge is 0.325 e. The zero-order valence-electron chi connectivity index (χ0n) is 14.1. The molecule has 1 aromatic carbocycles. The summed E-state index contributed by atoms with van der Waals surface area (Å²) in [4.78, 5) is 13.3. The molecule has 0 amide bonds. The Balaban J connectivity index is 1.40. The van der Waals surface area contributed by atoms with Crippen LogP contribution < -0.4 is 0 Å². The van der Waals surface area contributed by atoms with Crippen molar-refractivity contribution in [3.05, 3.63) is 53.9 Å². The molecular weight excluding hydrogens is 316 g/mol. The molecule has 6 heteroatoms. The predicted molar refractivity (Wildman–Crippen MR) is 93.9 cm³/mol. The molecule has 1 N–H and O–H groups in total. The van der Waals surface area contributed by atoms with Gasteiger partial charge in [0, 0.05) is 31.2 Å². The van der Waals surface area contributed by atoms with Crippen molar-refractivity contribution in [1.82, 2.24) is 19.9 Å². The Labute approximate surface area is 146 Å². The molecule has 2 atom stereocenters. The molecule has 1 fully saturated rings. The van der Waals surface area contributed by atoms with Gasteiger partial charge in [0.2, 0.25) is 0 Å². The normalized spacial score (nSPS) is 22.8. The van der Waals surface area contributed by atoms with E-state index >= 15 is 0 Å². The van der Waals surface area contributed by atoms with Gasteiger partial charge in [-0.25, -0.2) is 4.68 Å². The van der Waals surface area contributed by atoms with Crippen molar-refractivity contribution in [2.45, 2.75) is 44.3 Å². The Kier molecular flexibility index (Phi) is 4.36. The Morgan fingerprint density at radius 3 is 2.84 bits per heavy atom. The van der Waals surface area contributed by atoms with Crippen LogP contribution in [0.3, 0.4) is 0 Å². The molecular formula is C19H22N4O2. The van der Waals surface area contributed by atoms with Crippen LogP contribution in [-0.2, 0) is 17.8 Å². The Morgan fingerprint density at radius 2 is 2.08 bits per heavy atom. The lowest BCUT2D eigenvalue weighted by Gasteiger charge is -2.34. The number of carboxylic acid groups (broad SMARTS) is 1. The molecule has 4 rings (SSSR count). The standard InChI is InChI=1S/C19H22N4O2/c24-19(25)13-22-12-16(20-21-22)8-9-23-17-6-7-18(23)11-15(10-17)14-4-2-1-3-5-14/h1-5,10,12,17-18H,6-9,11,13H2,(H,24,25). The van der Waals surface area contributed by atoms with Gasteiger partial charge in [0.05, 0.1) is 5.69 Å². The Morgan fingerprint density at radius 1 is 1.24 bits per heavy atom. The zero-order valence-corrected chi connectivity index (χ0v) is 14.1. The van der Waals surface area contributed by atoms with Crippen LogP contribution in [0, 0.1) is 0 Å². The van der Waals surface area contributed by atoms with Gasteiger partial charge < -0.3 is 5.11 Å². The summed E-state index contributed by atoms with van der Waals surface area (Å²) < 4.78 is 1.38. The predicted octanol–water partition coefficient (Wildman–Crippen LogP) is 2.23. The van der Waals surface area contributed by atoms with Crippen LogP contribution >= 0.6 is 0 Å². The van der Waals surface area contributed by atoms with Crippen LogP contribution in [-0.4, -0.2) is 49.6 Å². The Hall–Kier alpha value is -2.47. The number of aromatic nitrogens is 3. The lowest BCUT2D eigenvalue weighted by atomic mass is 9.94. The zero-order chi connectivity index (χ0) is 17.2. The SMILES string of the molecule is O=C(O)Cn1cc(CCN2C3C=C(c4ccccc4)CC2CC3)nn1. The van der Waals surface area contributed by atoms with E-state index in [-0.39, 0.29) is 6.54 Å². The van der Waals surface area contributed by atoms with E-state index in [1.807, 2.05) is 0 Å². The minimum absolute atomic E-state index is 0.134. The molecule has 0 radical (unpaired) electrons. The van der Waals surface area contributed by atoms with Crippen LogP contribution in [0.15, 0.2) is 42.6 Å². The number of aliphatic carboxylic acids is 1. The van der Waals surface area contributed by atoms with Crippen LogP contribution in [0.5, 0.6) is 0 Å². The second-order valence-electron chi connectivity index (χ2n) is 6.85. The molecule has 25 heavy (non-hydrogen) atoms. The summed E-state index contributed by atoms with van der Waals surface area (Å²) in [5.74, 6) is -0.899. The molecule has 6 nitrogen and oxygen atoms in total. The van der Waals surface area contributed by atoms with Gasteiger partial charge in [-0.2, -0.15) is 0 Å². The van der Waals surface area contributed by atoms with Crippen molar-refractivity contribution in [1.29, 1.82) is 0 Å². The van der Waals surface area contributed by atoms with Gasteiger partial charge >= 0.3 is 5.97 Å². The van der Waals surface area contributed by atoms with Gasteiger partial charge in [-0.1, -0.05) is 41.6 Å². The molecule has 3 heterocycles. The molecule has 1 saturated heterocycles. The first kappa shape index (κ1) is 16.0. The van der Waals surface area contributed by atoms with E-state index in [4.69, 9.17) is 5.11 Å². The van der Waals surface area contributed by atoms with E-state index in [0.29, 0.717) is 12.1 Å². The van der Waals surface area contributed by atoms with Crippen molar-refractivity contribution in [3.8, 4) is 0 Å². The molecule has 1 aromatic heterocycles. The lowest BCUT2D eigenvalue weighted by Crippen LogP contribution is -2.39. The van der Waals surface area contributed by atoms with Gasteiger partial charge in [-0.3, -0.25) is 9.69 Å². The molecule has 0 spiro atoms. The summed E-state index contributed by atoms with van der Waals surface area (Å²) in [6.07, 6.45) is 8.54. The summed E-state index contributed by atoms with van der Waals surface area (Å²) >= 11 is 0. The molecule has 2 aliphatic heterocycles. The number of fused-ring (bicyclic) bond motifs is 2. The fraction of sp³-hybridized carbons (Fsp3) is 0.421. The fourth-order valence-electron chi connectivity index (χ4n) is 4.05. The van der Waals surface area contributed by atoms with Gasteiger partial charge in [0.15, 0.2) is 0 Å². The first-order chi connectivity index (χ1) is 12.2. The molecule has 0 saturated carbocycles. The monoisotopic (exact) mass is 338 g/mol. The number of benzene rings is 1. The highest BCUT2D eigenvalue weighted by Crippen LogP contribution is 2.38. The van der Waals surface area contributed by atoms with Crippen molar-refractivity contribution in [2.24, 2.45) is 0 Å². The highest BCUT2D eigenvalue weighted by atomic mass is 16.4. The molecule has 130 valence electrons. The van der Waals surface area contributed by atoms with Crippen molar-refractivity contribution in [3.63, 3.8) is 0 Å². The number of rotatable bonds is 6. The average molecular weight is 338 g/mol. The maximum Gasteiger partial charge on any atom is 0.325 e. The Bertz CT molecular complexity index is 784. The molecule has 2 unspecified atom stereocenters. The highest BCUT2D eigenvalue weighted by molar-refractivity contribution is 5.68. The summed E-state index contributed by atoms with van der Waals surface area (Å²) in [7, 11) is 0. The molecule has 0 aliphatic carbocycles. The number of nitrogens with zero attached hydrogens (tertiary/aromatic N) is 4. The van der Waals surface area contributed by atoms with Crippen molar-refractivity contribution >= 4 is 11.5 Å². The second kappa shape index (κ2) is 6.80. The maximum absolute atomic E-state index is 10.7. The van der Waals surface area contributed by atoms with Crippen LogP contribution in [0.25, 0.3) is 5.57 Å². The molecule has 2 bridgehead atoms.